The van der Waals surface area contributed by atoms with E-state index >= 15 is 0 Å². The summed E-state index contributed by atoms with van der Waals surface area (Å²) in [5.41, 5.74) is 16.7. The highest BCUT2D eigenvalue weighted by molar-refractivity contribution is 5.81. The third-order valence-electron chi connectivity index (χ3n) is 8.48. The number of aryl methyl sites for hydroxylation is 2. The van der Waals surface area contributed by atoms with Crippen molar-refractivity contribution in [3.63, 3.8) is 0 Å². The van der Waals surface area contributed by atoms with Crippen molar-refractivity contribution in [3.05, 3.63) is 88.5 Å². The smallest absolute Gasteiger partial charge is 0.0520 e. The largest absolute Gasteiger partial charge is 0.322 e. The maximum atomic E-state index is 6.56. The Morgan fingerprint density at radius 2 is 1.03 bits per heavy atom. The Balaban J connectivity index is 2.20. The monoisotopic (exact) mass is 484 g/mol. The predicted molar refractivity (Wildman–Crippen MR) is 159 cm³/mol. The molecule has 3 aromatic carbocycles. The minimum absolute atomic E-state index is 0.110. The first kappa shape index (κ1) is 28.0. The lowest BCUT2D eigenvalue weighted by Crippen LogP contribution is -2.31. The van der Waals surface area contributed by atoms with Gasteiger partial charge in [0, 0.05) is 16.9 Å². The van der Waals surface area contributed by atoms with Crippen LogP contribution in [0.4, 0.5) is 17.1 Å². The average Bonchev–Trinajstić information content (AvgIpc) is 2.85. The van der Waals surface area contributed by atoms with Crippen LogP contribution in [-0.4, -0.2) is 0 Å². The van der Waals surface area contributed by atoms with E-state index in [9.17, 15) is 0 Å². The van der Waals surface area contributed by atoms with Crippen LogP contribution in [-0.2, 0) is 16.4 Å². The van der Waals surface area contributed by atoms with Gasteiger partial charge in [-0.15, -0.1) is 0 Å². The van der Waals surface area contributed by atoms with Gasteiger partial charge in [-0.05, 0) is 103 Å². The second-order valence-electron chi connectivity index (χ2n) is 12.2. The van der Waals surface area contributed by atoms with Crippen LogP contribution in [0.2, 0.25) is 0 Å². The van der Waals surface area contributed by atoms with Gasteiger partial charge in [0.25, 0.3) is 0 Å². The van der Waals surface area contributed by atoms with Gasteiger partial charge in [-0.2, -0.15) is 0 Å². The van der Waals surface area contributed by atoms with Gasteiger partial charge < -0.3 is 10.6 Å². The van der Waals surface area contributed by atoms with Crippen LogP contribution in [0.25, 0.3) is 0 Å². The summed E-state index contributed by atoms with van der Waals surface area (Å²) in [6, 6.07) is 22.8. The standard InChI is InChI=1S/C34H48N2/c1-11-33(9,12-2)26-14-18-29(19-15-26)36(30-20-16-27(17-21-30)34(10,35)13-3)31-24(4)22-28(23-25(31)5)32(6,7)8/h14-23H,11-13,35H2,1-10H3. The van der Waals surface area contributed by atoms with E-state index in [-0.39, 0.29) is 16.4 Å². The Hall–Kier alpha value is -2.58. The van der Waals surface area contributed by atoms with Crippen LogP contribution in [0.5, 0.6) is 0 Å². The van der Waals surface area contributed by atoms with Crippen LogP contribution < -0.4 is 10.6 Å². The van der Waals surface area contributed by atoms with E-state index in [1.165, 1.54) is 39.2 Å². The van der Waals surface area contributed by atoms with E-state index in [0.717, 1.165) is 24.9 Å². The van der Waals surface area contributed by atoms with Crippen LogP contribution >= 0.6 is 0 Å². The molecule has 0 aliphatic carbocycles. The molecular weight excluding hydrogens is 436 g/mol. The zero-order valence-electron chi connectivity index (χ0n) is 24.4. The van der Waals surface area contributed by atoms with Crippen LogP contribution in [0.15, 0.2) is 60.7 Å². The first-order valence-electron chi connectivity index (χ1n) is 13.7. The lowest BCUT2D eigenvalue weighted by molar-refractivity contribution is 0.439. The molecule has 36 heavy (non-hydrogen) atoms. The zero-order valence-corrected chi connectivity index (χ0v) is 24.4. The fourth-order valence-electron chi connectivity index (χ4n) is 5.02. The highest BCUT2D eigenvalue weighted by atomic mass is 15.1. The molecule has 0 amide bonds. The molecule has 194 valence electrons. The maximum absolute atomic E-state index is 6.56. The Kier molecular flexibility index (Phi) is 8.10. The number of nitrogens with two attached hydrogens (primary N) is 1. The van der Waals surface area contributed by atoms with Gasteiger partial charge in [-0.1, -0.05) is 84.9 Å². The summed E-state index contributed by atoms with van der Waals surface area (Å²) in [7, 11) is 0. The fraction of sp³-hybridized carbons (Fsp3) is 0.471. The number of benzene rings is 3. The SMILES string of the molecule is CCC(C)(N)c1ccc(N(c2ccc(C(C)(CC)CC)cc2)c2c(C)cc(C(C)(C)C)cc2C)cc1. The molecule has 0 spiro atoms. The van der Waals surface area contributed by atoms with E-state index in [0.29, 0.717) is 0 Å². The normalized spacial score (nSPS) is 14.0. The molecule has 0 fully saturated rings. The summed E-state index contributed by atoms with van der Waals surface area (Å²) in [6.45, 7) is 22.5. The molecule has 0 radical (unpaired) electrons. The molecular formula is C34H48N2. The lowest BCUT2D eigenvalue weighted by atomic mass is 9.78. The van der Waals surface area contributed by atoms with Gasteiger partial charge >= 0.3 is 0 Å². The van der Waals surface area contributed by atoms with E-state index in [1.807, 2.05) is 0 Å². The van der Waals surface area contributed by atoms with Crippen LogP contribution in [0.3, 0.4) is 0 Å². The number of nitrogens with zero attached hydrogens (tertiary/aromatic N) is 1. The van der Waals surface area contributed by atoms with Crippen molar-refractivity contribution in [2.45, 2.75) is 105 Å². The summed E-state index contributed by atoms with van der Waals surface area (Å²) in [6.07, 6.45) is 3.17. The van der Waals surface area contributed by atoms with E-state index < -0.39 is 0 Å². The van der Waals surface area contributed by atoms with Crippen molar-refractivity contribution in [1.29, 1.82) is 0 Å². The molecule has 0 aliphatic rings. The third-order valence-corrected chi connectivity index (χ3v) is 8.48. The Labute approximate surface area is 220 Å². The number of hydrogen-bond acceptors (Lipinski definition) is 2. The van der Waals surface area contributed by atoms with Gasteiger partial charge in [0.05, 0.1) is 5.69 Å². The first-order chi connectivity index (χ1) is 16.8. The van der Waals surface area contributed by atoms with Crippen LogP contribution in [0, 0.1) is 13.8 Å². The van der Waals surface area contributed by atoms with E-state index in [1.54, 1.807) is 0 Å². The van der Waals surface area contributed by atoms with Gasteiger partial charge in [-0.25, -0.2) is 0 Å². The summed E-state index contributed by atoms with van der Waals surface area (Å²) >= 11 is 0. The maximum Gasteiger partial charge on any atom is 0.0520 e. The topological polar surface area (TPSA) is 29.3 Å². The van der Waals surface area contributed by atoms with Crippen molar-refractivity contribution in [1.82, 2.24) is 0 Å². The van der Waals surface area contributed by atoms with Crippen molar-refractivity contribution < 1.29 is 0 Å². The predicted octanol–water partition coefficient (Wildman–Crippen LogP) is 9.73. The molecule has 2 N–H and O–H groups in total. The van der Waals surface area contributed by atoms with Crippen molar-refractivity contribution in [2.75, 3.05) is 4.90 Å². The number of rotatable bonds is 8. The zero-order chi connectivity index (χ0) is 26.9. The molecule has 0 saturated carbocycles. The number of anilines is 3. The minimum Gasteiger partial charge on any atom is -0.322 e. The second-order valence-corrected chi connectivity index (χ2v) is 12.2. The Morgan fingerprint density at radius 3 is 1.39 bits per heavy atom. The van der Waals surface area contributed by atoms with Gasteiger partial charge in [-0.3, -0.25) is 0 Å². The van der Waals surface area contributed by atoms with Gasteiger partial charge in [0.1, 0.15) is 0 Å². The molecule has 0 aromatic heterocycles. The third kappa shape index (κ3) is 5.54. The molecule has 0 heterocycles. The molecule has 0 saturated heterocycles. The fourth-order valence-corrected chi connectivity index (χ4v) is 5.02. The highest BCUT2D eigenvalue weighted by Crippen LogP contribution is 2.42. The van der Waals surface area contributed by atoms with E-state index in [4.69, 9.17) is 5.73 Å². The van der Waals surface area contributed by atoms with E-state index in [2.05, 4.69) is 135 Å². The van der Waals surface area contributed by atoms with Crippen molar-refractivity contribution in [3.8, 4) is 0 Å². The molecule has 0 aliphatic heterocycles. The average molecular weight is 485 g/mol. The highest BCUT2D eigenvalue weighted by Gasteiger charge is 2.25. The van der Waals surface area contributed by atoms with Crippen molar-refractivity contribution in [2.24, 2.45) is 5.73 Å². The molecule has 0 bridgehead atoms. The lowest BCUT2D eigenvalue weighted by Gasteiger charge is -2.32. The van der Waals surface area contributed by atoms with Gasteiger partial charge in [0.2, 0.25) is 0 Å². The molecule has 3 aromatic rings. The number of hydrogen-bond donors (Lipinski definition) is 1. The molecule has 2 nitrogen and oxygen atoms in total. The Bertz CT molecular complexity index is 1130. The van der Waals surface area contributed by atoms with Gasteiger partial charge in [0.15, 0.2) is 0 Å². The second kappa shape index (κ2) is 10.4. The molecule has 3 rings (SSSR count). The minimum atomic E-state index is -0.323. The first-order valence-corrected chi connectivity index (χ1v) is 13.7. The summed E-state index contributed by atoms with van der Waals surface area (Å²) in [4.78, 5) is 2.42. The van der Waals surface area contributed by atoms with Crippen molar-refractivity contribution >= 4 is 17.1 Å². The Morgan fingerprint density at radius 1 is 0.611 bits per heavy atom. The summed E-state index contributed by atoms with van der Waals surface area (Å²) in [5.74, 6) is 0. The summed E-state index contributed by atoms with van der Waals surface area (Å²) in [5, 5.41) is 0. The molecule has 2 heteroatoms. The quantitative estimate of drug-likeness (QED) is 0.345. The molecule has 1 atom stereocenters. The summed E-state index contributed by atoms with van der Waals surface area (Å²) < 4.78 is 0. The van der Waals surface area contributed by atoms with Crippen LogP contribution in [0.1, 0.15) is 102 Å². The molecule has 1 unspecified atom stereocenters.